The van der Waals surface area contributed by atoms with Crippen molar-refractivity contribution in [1.29, 1.82) is 0 Å². The van der Waals surface area contributed by atoms with Crippen LogP contribution >= 0.6 is 0 Å². The molecule has 0 radical (unpaired) electrons. The highest BCUT2D eigenvalue weighted by molar-refractivity contribution is 5.68. The molecule has 1 rings (SSSR count). The van der Waals surface area contributed by atoms with E-state index >= 15 is 0 Å². The first-order valence-corrected chi connectivity index (χ1v) is 2.21. The highest BCUT2D eigenvalue weighted by atomic mass is 16.4. The van der Waals surface area contributed by atoms with Gasteiger partial charge in [0, 0.05) is 6.54 Å². The molecule has 1 atom stereocenters. The molecule has 0 aliphatic carbocycles. The Kier molecular flexibility index (Phi) is 0.708. The third-order valence-corrected chi connectivity index (χ3v) is 1.11. The molecule has 0 spiro atoms. The van der Waals surface area contributed by atoms with Gasteiger partial charge in [-0.2, -0.15) is 0 Å². The van der Waals surface area contributed by atoms with Gasteiger partial charge in [0.15, 0.2) is 0 Å². The van der Waals surface area contributed by atoms with Gasteiger partial charge < -0.3 is 10.0 Å². The number of rotatable bonds is 0. The Morgan fingerprint density at radius 3 is 2.43 bits per heavy atom. The van der Waals surface area contributed by atoms with Crippen molar-refractivity contribution in [2.75, 3.05) is 6.54 Å². The molecule has 1 amide bonds. The van der Waals surface area contributed by atoms with E-state index in [9.17, 15) is 4.79 Å². The maximum absolute atomic E-state index is 9.90. The zero-order valence-electron chi connectivity index (χ0n) is 4.09. The van der Waals surface area contributed by atoms with Crippen LogP contribution in [0.3, 0.4) is 0 Å². The zero-order chi connectivity index (χ0) is 5.44. The van der Waals surface area contributed by atoms with Gasteiger partial charge in [-0.3, -0.25) is 0 Å². The maximum Gasteiger partial charge on any atom is 0.407 e. The summed E-state index contributed by atoms with van der Waals surface area (Å²) in [5.74, 6) is 0. The van der Waals surface area contributed by atoms with Crippen LogP contribution < -0.4 is 0 Å². The second kappa shape index (κ2) is 1.12. The monoisotopic (exact) mass is 101 g/mol. The minimum atomic E-state index is -0.799. The molecular formula is C4H7NO2. The standard InChI is InChI=1S/C4H7NO2/c1-3-2-5(3)4(6)7/h3H,2H2,1H3,(H,6,7)/t3-,5?/m0/s1. The Labute approximate surface area is 41.5 Å². The summed E-state index contributed by atoms with van der Waals surface area (Å²) >= 11 is 0. The predicted molar refractivity (Wildman–Crippen MR) is 24.2 cm³/mol. The normalized spacial score (nSPS) is 27.6. The quantitative estimate of drug-likeness (QED) is 0.448. The molecule has 0 saturated carbocycles. The minimum Gasteiger partial charge on any atom is -0.465 e. The van der Waals surface area contributed by atoms with E-state index < -0.39 is 6.09 Å². The summed E-state index contributed by atoms with van der Waals surface area (Å²) in [6, 6.07) is 0.275. The molecule has 3 nitrogen and oxygen atoms in total. The molecule has 1 fully saturated rings. The van der Waals surface area contributed by atoms with E-state index in [1.807, 2.05) is 6.92 Å². The molecule has 0 bridgehead atoms. The first-order chi connectivity index (χ1) is 3.22. The molecule has 3 heteroatoms. The average Bonchev–Trinajstić information content (AvgIpc) is 2.17. The second-order valence-electron chi connectivity index (χ2n) is 1.78. The van der Waals surface area contributed by atoms with Crippen LogP contribution in [0.4, 0.5) is 4.79 Å². The number of amides is 1. The van der Waals surface area contributed by atoms with Gasteiger partial charge in [-0.05, 0) is 6.92 Å². The van der Waals surface area contributed by atoms with E-state index in [1.165, 1.54) is 4.90 Å². The van der Waals surface area contributed by atoms with Gasteiger partial charge in [0.05, 0.1) is 6.04 Å². The van der Waals surface area contributed by atoms with Crippen molar-refractivity contribution >= 4 is 6.09 Å². The summed E-state index contributed by atoms with van der Waals surface area (Å²) in [6.07, 6.45) is -0.799. The molecule has 0 unspecified atom stereocenters. The third-order valence-electron chi connectivity index (χ3n) is 1.11. The highest BCUT2D eigenvalue weighted by Gasteiger charge is 2.33. The Balaban J connectivity index is 2.33. The Morgan fingerprint density at radius 1 is 2.00 bits per heavy atom. The van der Waals surface area contributed by atoms with Crippen LogP contribution in [0.5, 0.6) is 0 Å². The Morgan fingerprint density at radius 2 is 2.43 bits per heavy atom. The fourth-order valence-electron chi connectivity index (χ4n) is 0.504. The molecule has 0 aromatic rings. The zero-order valence-corrected chi connectivity index (χ0v) is 4.09. The average molecular weight is 101 g/mol. The Bertz CT molecular complexity index is 102. The smallest absolute Gasteiger partial charge is 0.407 e. The summed E-state index contributed by atoms with van der Waals surface area (Å²) in [7, 11) is 0. The molecule has 7 heavy (non-hydrogen) atoms. The van der Waals surface area contributed by atoms with Crippen LogP contribution in [0.2, 0.25) is 0 Å². The van der Waals surface area contributed by atoms with Crippen LogP contribution in [0.1, 0.15) is 6.92 Å². The van der Waals surface area contributed by atoms with E-state index in [-0.39, 0.29) is 6.04 Å². The van der Waals surface area contributed by atoms with Gasteiger partial charge in [-0.25, -0.2) is 4.79 Å². The van der Waals surface area contributed by atoms with E-state index in [1.54, 1.807) is 0 Å². The number of nitrogens with zero attached hydrogens (tertiary/aromatic N) is 1. The van der Waals surface area contributed by atoms with E-state index in [2.05, 4.69) is 0 Å². The number of hydrogen-bond donors (Lipinski definition) is 1. The highest BCUT2D eigenvalue weighted by Crippen LogP contribution is 2.14. The van der Waals surface area contributed by atoms with Crippen LogP contribution in [0, 0.1) is 0 Å². The molecule has 1 aliphatic rings. The van der Waals surface area contributed by atoms with Crippen molar-refractivity contribution in [2.45, 2.75) is 13.0 Å². The number of carboxylic acid groups (broad SMARTS) is 1. The lowest BCUT2D eigenvalue weighted by Crippen LogP contribution is -2.07. The summed E-state index contributed by atoms with van der Waals surface area (Å²) in [4.78, 5) is 11.3. The summed E-state index contributed by atoms with van der Waals surface area (Å²) in [5, 5.41) is 8.15. The van der Waals surface area contributed by atoms with Crippen LogP contribution in [0.25, 0.3) is 0 Å². The van der Waals surface area contributed by atoms with Gasteiger partial charge in [-0.15, -0.1) is 0 Å². The maximum atomic E-state index is 9.90. The molecule has 40 valence electrons. The predicted octanol–water partition coefficient (Wildman–Crippen LogP) is 0.368. The lowest BCUT2D eigenvalue weighted by molar-refractivity contribution is 0.177. The fraction of sp³-hybridized carbons (Fsp3) is 0.750. The van der Waals surface area contributed by atoms with Gasteiger partial charge >= 0.3 is 6.09 Å². The summed E-state index contributed by atoms with van der Waals surface area (Å²) in [5.41, 5.74) is 0. The number of hydrogen-bond acceptors (Lipinski definition) is 1. The van der Waals surface area contributed by atoms with Crippen molar-refractivity contribution in [3.05, 3.63) is 0 Å². The van der Waals surface area contributed by atoms with Crippen molar-refractivity contribution in [3.8, 4) is 0 Å². The second-order valence-corrected chi connectivity index (χ2v) is 1.78. The summed E-state index contributed by atoms with van der Waals surface area (Å²) in [6.45, 7) is 2.60. The lowest BCUT2D eigenvalue weighted by atomic mass is 10.6. The van der Waals surface area contributed by atoms with Crippen LogP contribution in [0.15, 0.2) is 0 Å². The minimum absolute atomic E-state index is 0.275. The molecular weight excluding hydrogens is 94.0 g/mol. The Hall–Kier alpha value is -0.730. The molecule has 1 saturated heterocycles. The SMILES string of the molecule is C[C@H]1CN1C(=O)O. The van der Waals surface area contributed by atoms with Gasteiger partial charge in [0.1, 0.15) is 0 Å². The van der Waals surface area contributed by atoms with Crippen molar-refractivity contribution in [3.63, 3.8) is 0 Å². The van der Waals surface area contributed by atoms with E-state index in [4.69, 9.17) is 5.11 Å². The molecule has 1 N–H and O–H groups in total. The lowest BCUT2D eigenvalue weighted by Gasteiger charge is -1.87. The summed E-state index contributed by atoms with van der Waals surface area (Å²) < 4.78 is 0. The molecule has 1 heterocycles. The first-order valence-electron chi connectivity index (χ1n) is 2.21. The molecule has 1 aliphatic heterocycles. The largest absolute Gasteiger partial charge is 0.465 e. The van der Waals surface area contributed by atoms with Gasteiger partial charge in [-0.1, -0.05) is 0 Å². The first kappa shape index (κ1) is 4.43. The van der Waals surface area contributed by atoms with E-state index in [0.29, 0.717) is 0 Å². The number of carbonyl (C=O) groups is 1. The van der Waals surface area contributed by atoms with E-state index in [0.717, 1.165) is 6.54 Å². The van der Waals surface area contributed by atoms with Crippen molar-refractivity contribution < 1.29 is 9.90 Å². The molecule has 0 aromatic heterocycles. The van der Waals surface area contributed by atoms with Crippen LogP contribution in [-0.4, -0.2) is 28.7 Å². The van der Waals surface area contributed by atoms with Crippen molar-refractivity contribution in [1.82, 2.24) is 4.90 Å². The van der Waals surface area contributed by atoms with Crippen molar-refractivity contribution in [2.24, 2.45) is 0 Å². The molecule has 0 aromatic carbocycles. The fourth-order valence-corrected chi connectivity index (χ4v) is 0.504. The third kappa shape index (κ3) is 0.656. The van der Waals surface area contributed by atoms with Crippen LogP contribution in [-0.2, 0) is 0 Å². The topological polar surface area (TPSA) is 40.3 Å². The van der Waals surface area contributed by atoms with Gasteiger partial charge in [0.2, 0.25) is 0 Å². The van der Waals surface area contributed by atoms with Gasteiger partial charge in [0.25, 0.3) is 0 Å².